The molecule has 0 aliphatic heterocycles. The Morgan fingerprint density at radius 1 is 1.04 bits per heavy atom. The molecule has 0 radical (unpaired) electrons. The molecule has 0 atom stereocenters. The van der Waals surface area contributed by atoms with Crippen LogP contribution in [0.2, 0.25) is 0 Å². The second-order valence-corrected chi connectivity index (χ2v) is 7.04. The van der Waals surface area contributed by atoms with Crippen LogP contribution in [0.4, 0.5) is 5.69 Å². The normalized spacial score (nSPS) is 11.7. The van der Waals surface area contributed by atoms with Gasteiger partial charge in [-0.2, -0.15) is 5.10 Å². The van der Waals surface area contributed by atoms with Gasteiger partial charge in [-0.15, -0.1) is 0 Å². The van der Waals surface area contributed by atoms with Gasteiger partial charge in [-0.1, -0.05) is 18.2 Å². The van der Waals surface area contributed by atoms with Crippen LogP contribution in [-0.4, -0.2) is 28.5 Å². The van der Waals surface area contributed by atoms with Gasteiger partial charge in [-0.25, -0.2) is 13.0 Å². The Kier molecular flexibility index (Phi) is 3.69. The lowest BCUT2D eigenvalue weighted by Crippen LogP contribution is -2.13. The van der Waals surface area contributed by atoms with Gasteiger partial charge in [0.05, 0.1) is 6.54 Å². The van der Waals surface area contributed by atoms with Crippen LogP contribution in [0.3, 0.4) is 0 Å². The van der Waals surface area contributed by atoms with E-state index in [1.165, 1.54) is 6.07 Å². The number of nitrogens with zero attached hydrogens (tertiary/aromatic N) is 4. The van der Waals surface area contributed by atoms with Crippen LogP contribution >= 0.6 is 0 Å². The predicted octanol–water partition coefficient (Wildman–Crippen LogP) is 2.27. The lowest BCUT2D eigenvalue weighted by Gasteiger charge is -2.09. The number of hydrogen-bond donors (Lipinski definition) is 1. The van der Waals surface area contributed by atoms with Crippen molar-refractivity contribution in [1.29, 1.82) is 0 Å². The van der Waals surface area contributed by atoms with E-state index in [0.717, 1.165) is 5.56 Å². The summed E-state index contributed by atoms with van der Waals surface area (Å²) in [4.78, 5) is 0.0202. The molecule has 4 aromatic rings. The number of aromatic nitrogens is 4. The average Bonchev–Trinajstić information content (AvgIpc) is 3.27. The number of anilines is 1. The summed E-state index contributed by atoms with van der Waals surface area (Å²) in [5.74, 6) is 0. The second-order valence-electron chi connectivity index (χ2n) is 5.39. The van der Waals surface area contributed by atoms with E-state index in [2.05, 4.69) is 24.8 Å². The zero-order chi connectivity index (χ0) is 17.3. The Labute approximate surface area is 143 Å². The highest BCUT2D eigenvalue weighted by atomic mass is 32.2. The van der Waals surface area contributed by atoms with Gasteiger partial charge in [0, 0.05) is 18.1 Å². The second kappa shape index (κ2) is 6.02. The summed E-state index contributed by atoms with van der Waals surface area (Å²) in [6, 6.07) is 13.6. The first-order chi connectivity index (χ1) is 12.1. The molecule has 1 N–H and O–H groups in total. The summed E-state index contributed by atoms with van der Waals surface area (Å²) in [6.45, 7) is 0.615. The fourth-order valence-corrected chi connectivity index (χ4v) is 3.68. The van der Waals surface area contributed by atoms with Gasteiger partial charge < -0.3 is 0 Å². The molecule has 9 heteroatoms. The summed E-state index contributed by atoms with van der Waals surface area (Å²) in [5, 5.41) is 11.5. The molecular formula is C16H13N5O3S. The molecule has 0 amide bonds. The highest BCUT2D eigenvalue weighted by molar-refractivity contribution is 7.93. The molecule has 0 saturated heterocycles. The van der Waals surface area contributed by atoms with Crippen LogP contribution in [-0.2, 0) is 16.6 Å². The Morgan fingerprint density at radius 3 is 2.64 bits per heavy atom. The fourth-order valence-electron chi connectivity index (χ4n) is 2.47. The van der Waals surface area contributed by atoms with E-state index in [9.17, 15) is 8.42 Å². The lowest BCUT2D eigenvalue weighted by molar-refractivity contribution is 0.315. The largest absolute Gasteiger partial charge is 0.280 e. The van der Waals surface area contributed by atoms with Crippen molar-refractivity contribution in [2.24, 2.45) is 0 Å². The molecule has 25 heavy (non-hydrogen) atoms. The van der Waals surface area contributed by atoms with Gasteiger partial charge in [0.15, 0.2) is 5.52 Å². The number of fused-ring (bicyclic) bond motifs is 1. The summed E-state index contributed by atoms with van der Waals surface area (Å²) in [6.07, 6.45) is 3.57. The van der Waals surface area contributed by atoms with E-state index in [-0.39, 0.29) is 10.4 Å². The zero-order valence-electron chi connectivity index (χ0n) is 12.9. The molecule has 2 aromatic carbocycles. The first-order valence-electron chi connectivity index (χ1n) is 7.42. The van der Waals surface area contributed by atoms with E-state index >= 15 is 0 Å². The van der Waals surface area contributed by atoms with E-state index in [1.807, 2.05) is 24.4 Å². The quantitative estimate of drug-likeness (QED) is 0.589. The van der Waals surface area contributed by atoms with Gasteiger partial charge in [0.1, 0.15) is 10.4 Å². The van der Waals surface area contributed by atoms with Crippen molar-refractivity contribution in [2.75, 3.05) is 4.72 Å². The molecule has 0 spiro atoms. The Bertz CT molecular complexity index is 1100. The summed E-state index contributed by atoms with van der Waals surface area (Å²) < 4.78 is 34.2. The van der Waals surface area contributed by atoms with Gasteiger partial charge in [-0.05, 0) is 46.2 Å². The van der Waals surface area contributed by atoms with Gasteiger partial charge in [-0.3, -0.25) is 9.40 Å². The first kappa shape index (κ1) is 15.3. The number of nitrogens with one attached hydrogen (secondary N) is 1. The van der Waals surface area contributed by atoms with Crippen molar-refractivity contribution >= 4 is 26.7 Å². The number of hydrogen-bond acceptors (Lipinski definition) is 6. The molecule has 8 nitrogen and oxygen atoms in total. The highest BCUT2D eigenvalue weighted by Gasteiger charge is 2.20. The summed E-state index contributed by atoms with van der Waals surface area (Å²) >= 11 is 0. The summed E-state index contributed by atoms with van der Waals surface area (Å²) in [5.41, 5.74) is 2.05. The van der Waals surface area contributed by atoms with E-state index < -0.39 is 10.0 Å². The molecule has 0 unspecified atom stereocenters. The average molecular weight is 355 g/mol. The molecule has 0 fully saturated rings. The number of rotatable bonds is 5. The molecule has 0 aliphatic rings. The third kappa shape index (κ3) is 3.09. The zero-order valence-corrected chi connectivity index (χ0v) is 13.7. The fraction of sp³-hybridized carbons (Fsp3) is 0.0625. The van der Waals surface area contributed by atoms with Crippen LogP contribution in [0.15, 0.2) is 70.4 Å². The minimum Gasteiger partial charge on any atom is -0.280 e. The molecule has 0 aliphatic carbocycles. The smallest absolute Gasteiger partial charge is 0.264 e. The molecule has 126 valence electrons. The van der Waals surface area contributed by atoms with Crippen LogP contribution in [0.25, 0.3) is 11.0 Å². The van der Waals surface area contributed by atoms with Crippen molar-refractivity contribution < 1.29 is 13.0 Å². The van der Waals surface area contributed by atoms with Gasteiger partial charge in [0.2, 0.25) is 0 Å². The molecule has 0 bridgehead atoms. The number of sulfonamides is 1. The predicted molar refractivity (Wildman–Crippen MR) is 90.4 cm³/mol. The van der Waals surface area contributed by atoms with Crippen molar-refractivity contribution in [1.82, 2.24) is 20.1 Å². The third-order valence-electron chi connectivity index (χ3n) is 3.65. The molecule has 2 aromatic heterocycles. The molecular weight excluding hydrogens is 342 g/mol. The van der Waals surface area contributed by atoms with Crippen molar-refractivity contribution in [2.45, 2.75) is 11.4 Å². The standard InChI is InChI=1S/C16H13N5O3S/c22-25(23,15-4-1-3-14-16(15)19-24-18-14)20-13-7-5-12(6-8-13)11-21-10-2-9-17-21/h1-10,20H,11H2. The maximum absolute atomic E-state index is 12.6. The van der Waals surface area contributed by atoms with Gasteiger partial charge >= 0.3 is 0 Å². The first-order valence-corrected chi connectivity index (χ1v) is 8.91. The maximum atomic E-state index is 12.6. The monoisotopic (exact) mass is 355 g/mol. The summed E-state index contributed by atoms with van der Waals surface area (Å²) in [7, 11) is -3.80. The lowest BCUT2D eigenvalue weighted by atomic mass is 10.2. The number of benzene rings is 2. The SMILES string of the molecule is O=S(=O)(Nc1ccc(Cn2cccn2)cc1)c1cccc2nonc12. The van der Waals surface area contributed by atoms with Crippen LogP contribution < -0.4 is 4.72 Å². The minimum atomic E-state index is -3.80. The van der Waals surface area contributed by atoms with Crippen molar-refractivity contribution in [3.8, 4) is 0 Å². The van der Waals surface area contributed by atoms with Crippen molar-refractivity contribution in [3.63, 3.8) is 0 Å². The topological polar surface area (TPSA) is 103 Å². The Hall–Kier alpha value is -3.20. The highest BCUT2D eigenvalue weighted by Crippen LogP contribution is 2.22. The van der Waals surface area contributed by atoms with Crippen LogP contribution in [0.5, 0.6) is 0 Å². The minimum absolute atomic E-state index is 0.0202. The van der Waals surface area contributed by atoms with Crippen LogP contribution in [0, 0.1) is 0 Å². The van der Waals surface area contributed by atoms with Gasteiger partial charge in [0.25, 0.3) is 10.0 Å². The Balaban J connectivity index is 1.57. The Morgan fingerprint density at radius 2 is 1.88 bits per heavy atom. The van der Waals surface area contributed by atoms with E-state index in [1.54, 1.807) is 35.1 Å². The molecule has 4 rings (SSSR count). The third-order valence-corrected chi connectivity index (χ3v) is 5.06. The molecule has 0 saturated carbocycles. The maximum Gasteiger partial charge on any atom is 0.264 e. The van der Waals surface area contributed by atoms with E-state index in [4.69, 9.17) is 0 Å². The van der Waals surface area contributed by atoms with Crippen LogP contribution in [0.1, 0.15) is 5.56 Å². The van der Waals surface area contributed by atoms with Crippen molar-refractivity contribution in [3.05, 3.63) is 66.5 Å². The van der Waals surface area contributed by atoms with E-state index in [0.29, 0.717) is 17.7 Å². The molecule has 2 heterocycles.